The SMILES string of the molecule is F[P-](F)(F)(F)(F)F.[O-]c1ccccc1C=Nc1ccccc1N=C(c1ccccc1)c1ccccn1.[Ru+2].c1ccc([PH+](c2ccccc2)c2ccccc2)cc1.c1ccc([PH+](c2ccccc2)c2ccccc2)cc1. The zero-order chi connectivity index (χ0) is 52.1. The van der Waals surface area contributed by atoms with E-state index in [2.05, 4.69) is 192 Å². The molecule has 4 nitrogen and oxygen atoms in total. The number of para-hydroxylation sites is 3. The van der Waals surface area contributed by atoms with Crippen LogP contribution < -0.4 is 36.9 Å². The van der Waals surface area contributed by atoms with Crippen LogP contribution in [0, 0.1) is 0 Å². The number of rotatable bonds is 11. The van der Waals surface area contributed by atoms with Gasteiger partial charge in [-0.25, -0.2) is 4.99 Å². The van der Waals surface area contributed by atoms with Gasteiger partial charge >= 0.3 is 52.5 Å². The number of nitrogens with zero attached hydrogens (tertiary/aromatic N) is 3. The minimum atomic E-state index is -10.7. The Kier molecular flexibility index (Phi) is 20.4. The molecule has 75 heavy (non-hydrogen) atoms. The van der Waals surface area contributed by atoms with Crippen molar-refractivity contribution in [2.45, 2.75) is 0 Å². The quantitative estimate of drug-likeness (QED) is 0.0561. The molecule has 10 aromatic rings. The number of aliphatic imine (C=N–C) groups is 2. The number of hydrogen-bond acceptors (Lipinski definition) is 4. The van der Waals surface area contributed by atoms with E-state index >= 15 is 0 Å². The Labute approximate surface area is 448 Å². The Hall–Kier alpha value is -7.24. The van der Waals surface area contributed by atoms with Gasteiger partial charge in [-0.2, -0.15) is 0 Å². The van der Waals surface area contributed by atoms with E-state index in [1.54, 1.807) is 24.5 Å². The molecular weight excluding hydrogens is 1100 g/mol. The minimum absolute atomic E-state index is 0. The molecule has 0 fully saturated rings. The summed E-state index contributed by atoms with van der Waals surface area (Å²) in [5.41, 5.74) is 4.44. The molecule has 0 amide bonds. The van der Waals surface area contributed by atoms with Crippen LogP contribution >= 0.6 is 23.7 Å². The number of benzene rings is 9. The fourth-order valence-corrected chi connectivity index (χ4v) is 12.7. The summed E-state index contributed by atoms with van der Waals surface area (Å²) in [4.78, 5) is 13.9. The molecule has 9 aromatic carbocycles. The van der Waals surface area contributed by atoms with Gasteiger partial charge in [0.1, 0.15) is 31.8 Å². The molecule has 0 aliphatic rings. The van der Waals surface area contributed by atoms with Crippen molar-refractivity contribution < 1.29 is 49.8 Å². The first kappa shape index (κ1) is 57.0. The van der Waals surface area contributed by atoms with Gasteiger partial charge in [0.2, 0.25) is 0 Å². The molecule has 0 unspecified atom stereocenters. The van der Waals surface area contributed by atoms with Gasteiger partial charge in [-0.3, -0.25) is 9.98 Å². The molecule has 0 aliphatic carbocycles. The summed E-state index contributed by atoms with van der Waals surface area (Å²) in [5.74, 6) is -0.0595. The molecule has 0 N–H and O–H groups in total. The predicted octanol–water partition coefficient (Wildman–Crippen LogP) is 14.8. The van der Waals surface area contributed by atoms with Crippen molar-refractivity contribution in [3.05, 3.63) is 302 Å². The summed E-state index contributed by atoms with van der Waals surface area (Å²) in [6.07, 6.45) is 3.34. The van der Waals surface area contributed by atoms with Crippen LogP contribution in [0.3, 0.4) is 0 Å². The molecule has 0 bridgehead atoms. The van der Waals surface area contributed by atoms with E-state index in [-0.39, 0.29) is 25.2 Å². The van der Waals surface area contributed by atoms with E-state index < -0.39 is 23.7 Å². The smallest absolute Gasteiger partial charge is 0.872 e. The summed E-state index contributed by atoms with van der Waals surface area (Å²) >= 11 is 0. The molecule has 1 heterocycles. The third kappa shape index (κ3) is 19.5. The molecule has 378 valence electrons. The molecule has 1 aromatic heterocycles. The van der Waals surface area contributed by atoms with E-state index in [0.717, 1.165) is 17.0 Å². The second-order valence-corrected chi connectivity index (χ2v) is 23.1. The first-order valence-electron chi connectivity index (χ1n) is 23.2. The van der Waals surface area contributed by atoms with Crippen molar-refractivity contribution in [2.75, 3.05) is 0 Å². The minimum Gasteiger partial charge on any atom is -0.872 e. The Balaban J connectivity index is 0.000000175. The normalized spacial score (nSPS) is 12.0. The van der Waals surface area contributed by atoms with E-state index in [4.69, 9.17) is 4.99 Å². The second kappa shape index (κ2) is 26.8. The standard InChI is InChI=1S/C25H19N3O.2C18H15P.F6P.Ru/c29-24-16-7-4-12-20(24)18-27-21-13-5-6-14-22(21)28-25(19-10-2-1-3-11-19)23-15-8-9-17-26-23;2*1-4-10-16(11-5-1)19(17-12-6-2-7-13-17)18-14-8-3-9-15-18;1-7(2,3,4,5)6;/h1-18,29H;2*1-15H;;/q;;;-1;+2/p+1. The monoisotopic (exact) mass is 1150 g/mol. The van der Waals surface area contributed by atoms with Gasteiger partial charge in [0.25, 0.3) is 0 Å². The fraction of sp³-hybridized carbons (Fsp3) is 0. The van der Waals surface area contributed by atoms with Crippen LogP contribution in [0.4, 0.5) is 36.6 Å². The van der Waals surface area contributed by atoms with Crippen molar-refractivity contribution in [1.82, 2.24) is 4.98 Å². The van der Waals surface area contributed by atoms with Gasteiger partial charge in [0.15, 0.2) is 0 Å². The van der Waals surface area contributed by atoms with Gasteiger partial charge < -0.3 is 5.11 Å². The average molecular weight is 1150 g/mol. The molecule has 0 aliphatic heterocycles. The molecule has 0 saturated carbocycles. The summed E-state index contributed by atoms with van der Waals surface area (Å²) in [5, 5.41) is 20.6. The molecule has 14 heteroatoms. The third-order valence-electron chi connectivity index (χ3n) is 10.7. The number of hydrogen-bond donors (Lipinski definition) is 0. The van der Waals surface area contributed by atoms with Crippen molar-refractivity contribution >= 4 is 78.8 Å². The first-order chi connectivity index (χ1) is 35.7. The Morgan fingerprint density at radius 1 is 0.387 bits per heavy atom. The topological polar surface area (TPSA) is 60.7 Å². The zero-order valence-electron chi connectivity index (χ0n) is 40.0. The van der Waals surface area contributed by atoms with Gasteiger partial charge in [0.05, 0.1) is 38.6 Å². The molecule has 0 saturated heterocycles. The number of halogens is 6. The van der Waals surface area contributed by atoms with E-state index in [1.165, 1.54) is 37.9 Å². The van der Waals surface area contributed by atoms with E-state index in [1.807, 2.05) is 78.9 Å². The van der Waals surface area contributed by atoms with Crippen LogP contribution in [0.1, 0.15) is 16.8 Å². The second-order valence-electron chi connectivity index (χ2n) is 16.2. The summed E-state index contributed by atoms with van der Waals surface area (Å²) in [6.45, 7) is 0. The van der Waals surface area contributed by atoms with Gasteiger partial charge in [-0.1, -0.05) is 182 Å². The Bertz CT molecular complexity index is 2970. The van der Waals surface area contributed by atoms with Crippen molar-refractivity contribution in [3.8, 4) is 5.75 Å². The maximum absolute atomic E-state index is 11.9. The molecule has 0 atom stereocenters. The molecule has 10 rings (SSSR count). The van der Waals surface area contributed by atoms with Gasteiger partial charge in [-0.15, -0.1) is 5.75 Å². The number of pyridine rings is 1. The average Bonchev–Trinajstić information content (AvgIpc) is 3.42. The first-order valence-corrected chi connectivity index (χ1v) is 28.3. The molecule has 0 radical (unpaired) electrons. The summed E-state index contributed by atoms with van der Waals surface area (Å²) in [7, 11) is -12.4. The van der Waals surface area contributed by atoms with Crippen molar-refractivity contribution in [2.24, 2.45) is 9.98 Å². The molecule has 0 spiro atoms. The Morgan fingerprint density at radius 2 is 0.693 bits per heavy atom. The van der Waals surface area contributed by atoms with E-state index in [0.29, 0.717) is 16.9 Å². The van der Waals surface area contributed by atoms with Crippen molar-refractivity contribution in [1.29, 1.82) is 0 Å². The van der Waals surface area contributed by atoms with E-state index in [9.17, 15) is 30.3 Å². The summed E-state index contributed by atoms with van der Waals surface area (Å²) < 4.78 is 59.2. The Morgan fingerprint density at radius 3 is 1.04 bits per heavy atom. The van der Waals surface area contributed by atoms with Crippen LogP contribution in [-0.4, -0.2) is 16.9 Å². The van der Waals surface area contributed by atoms with Crippen LogP contribution in [0.2, 0.25) is 0 Å². The zero-order valence-corrected chi connectivity index (χ0v) is 44.7. The van der Waals surface area contributed by atoms with Crippen LogP contribution in [0.5, 0.6) is 5.75 Å². The summed E-state index contributed by atoms with van der Waals surface area (Å²) in [6, 6.07) is 95.1. The fourth-order valence-electron chi connectivity index (χ4n) is 7.51. The van der Waals surface area contributed by atoms with Crippen LogP contribution in [0.25, 0.3) is 0 Å². The molecular formula is C61H50F6N3OP3Ru+2. The number of aromatic nitrogens is 1. The van der Waals surface area contributed by atoms with Crippen molar-refractivity contribution in [3.63, 3.8) is 0 Å². The van der Waals surface area contributed by atoms with Crippen LogP contribution in [0.15, 0.2) is 295 Å². The predicted molar refractivity (Wildman–Crippen MR) is 302 cm³/mol. The third-order valence-corrected chi connectivity index (χ3v) is 16.2. The maximum atomic E-state index is 11.9. The maximum Gasteiger partial charge on any atom is 2.00 e. The van der Waals surface area contributed by atoms with Crippen LogP contribution in [-0.2, 0) is 19.5 Å². The van der Waals surface area contributed by atoms with Gasteiger partial charge in [0, 0.05) is 18.0 Å². The largest absolute Gasteiger partial charge is 2.00 e. The van der Waals surface area contributed by atoms with Gasteiger partial charge in [-0.05, 0) is 103 Å².